The second kappa shape index (κ2) is 6.84. The van der Waals surface area contributed by atoms with E-state index in [0.29, 0.717) is 5.82 Å². The number of pyridine rings is 1. The molecule has 0 saturated carbocycles. The van der Waals surface area contributed by atoms with E-state index in [0.717, 1.165) is 15.7 Å². The van der Waals surface area contributed by atoms with E-state index >= 15 is 0 Å². The highest BCUT2D eigenvalue weighted by atomic mass is 79.9. The fourth-order valence-electron chi connectivity index (χ4n) is 2.20. The van der Waals surface area contributed by atoms with Crippen molar-refractivity contribution in [1.82, 2.24) is 19.7 Å². The number of rotatable bonds is 5. The highest BCUT2D eigenvalue weighted by Crippen LogP contribution is 2.22. The molecule has 0 unspecified atom stereocenters. The molecule has 8 heteroatoms. The molecule has 0 amide bonds. The predicted octanol–water partition coefficient (Wildman–Crippen LogP) is 3.27. The molecule has 24 heavy (non-hydrogen) atoms. The van der Waals surface area contributed by atoms with Crippen LogP contribution >= 0.6 is 15.9 Å². The Hall–Kier alpha value is -2.03. The number of sulfonamides is 1. The van der Waals surface area contributed by atoms with Crippen LogP contribution in [0.3, 0.4) is 0 Å². The lowest BCUT2D eigenvalue weighted by Crippen LogP contribution is -2.27. The number of benzene rings is 1. The molecule has 2 N–H and O–H groups in total. The van der Waals surface area contributed by atoms with Crippen LogP contribution in [0.25, 0.3) is 11.3 Å². The van der Waals surface area contributed by atoms with Gasteiger partial charge in [-0.05, 0) is 36.8 Å². The SMILES string of the molecule is C[C@H](NS(=O)(=O)c1cccnc1)c1ncc(-c2ccc(Br)cc2)[nH]1. The normalized spacial score (nSPS) is 12.9. The Morgan fingerprint density at radius 2 is 1.92 bits per heavy atom. The number of nitrogens with one attached hydrogen (secondary N) is 2. The second-order valence-corrected chi connectivity index (χ2v) is 7.85. The van der Waals surface area contributed by atoms with E-state index in [1.165, 1.54) is 18.5 Å². The minimum atomic E-state index is -3.65. The van der Waals surface area contributed by atoms with Gasteiger partial charge in [-0.1, -0.05) is 28.1 Å². The summed E-state index contributed by atoms with van der Waals surface area (Å²) in [7, 11) is -3.65. The van der Waals surface area contributed by atoms with Gasteiger partial charge in [0.2, 0.25) is 10.0 Å². The van der Waals surface area contributed by atoms with Crippen molar-refractivity contribution in [2.45, 2.75) is 17.9 Å². The lowest BCUT2D eigenvalue weighted by atomic mass is 10.2. The lowest BCUT2D eigenvalue weighted by Gasteiger charge is -2.11. The summed E-state index contributed by atoms with van der Waals surface area (Å²) in [4.78, 5) is 11.4. The van der Waals surface area contributed by atoms with Gasteiger partial charge in [-0.15, -0.1) is 0 Å². The van der Waals surface area contributed by atoms with Gasteiger partial charge in [0.15, 0.2) is 0 Å². The van der Waals surface area contributed by atoms with Crippen molar-refractivity contribution in [3.63, 3.8) is 0 Å². The molecule has 0 radical (unpaired) electrons. The van der Waals surface area contributed by atoms with E-state index in [1.807, 2.05) is 24.3 Å². The standard InChI is InChI=1S/C16H15BrN4O2S/c1-11(21-24(22,23)14-3-2-8-18-9-14)16-19-10-15(20-16)12-4-6-13(17)7-5-12/h2-11,21H,1H3,(H,19,20)/t11-/m0/s1. The number of H-pyrrole nitrogens is 1. The fraction of sp³-hybridized carbons (Fsp3) is 0.125. The third-order valence-corrected chi connectivity index (χ3v) is 5.49. The van der Waals surface area contributed by atoms with Crippen molar-refractivity contribution in [2.75, 3.05) is 0 Å². The van der Waals surface area contributed by atoms with Crippen LogP contribution in [-0.2, 0) is 10.0 Å². The van der Waals surface area contributed by atoms with E-state index < -0.39 is 16.1 Å². The summed E-state index contributed by atoms with van der Waals surface area (Å²) in [5.41, 5.74) is 1.80. The Bertz CT molecular complexity index is 924. The first-order valence-corrected chi connectivity index (χ1v) is 9.46. The molecular weight excluding hydrogens is 392 g/mol. The van der Waals surface area contributed by atoms with Crippen molar-refractivity contribution >= 4 is 26.0 Å². The van der Waals surface area contributed by atoms with Crippen molar-refractivity contribution < 1.29 is 8.42 Å². The topological polar surface area (TPSA) is 87.7 Å². The zero-order valence-electron chi connectivity index (χ0n) is 12.8. The number of aromatic nitrogens is 3. The molecule has 124 valence electrons. The van der Waals surface area contributed by atoms with Crippen molar-refractivity contribution in [3.8, 4) is 11.3 Å². The highest BCUT2D eigenvalue weighted by Gasteiger charge is 2.20. The summed E-state index contributed by atoms with van der Waals surface area (Å²) < 4.78 is 28.2. The molecule has 0 aliphatic rings. The first-order chi connectivity index (χ1) is 11.5. The van der Waals surface area contributed by atoms with Gasteiger partial charge in [0.1, 0.15) is 10.7 Å². The first kappa shape index (κ1) is 16.8. The summed E-state index contributed by atoms with van der Waals surface area (Å²) in [6.45, 7) is 1.73. The zero-order chi connectivity index (χ0) is 17.2. The van der Waals surface area contributed by atoms with Gasteiger partial charge in [0, 0.05) is 16.9 Å². The van der Waals surface area contributed by atoms with Crippen LogP contribution in [0.4, 0.5) is 0 Å². The first-order valence-electron chi connectivity index (χ1n) is 7.19. The van der Waals surface area contributed by atoms with Gasteiger partial charge in [-0.2, -0.15) is 0 Å². The van der Waals surface area contributed by atoms with Gasteiger partial charge in [0.05, 0.1) is 17.9 Å². The van der Waals surface area contributed by atoms with Gasteiger partial charge >= 0.3 is 0 Å². The minimum absolute atomic E-state index is 0.122. The largest absolute Gasteiger partial charge is 0.341 e. The summed E-state index contributed by atoms with van der Waals surface area (Å²) in [6, 6.07) is 10.3. The van der Waals surface area contributed by atoms with Gasteiger partial charge in [-0.25, -0.2) is 18.1 Å². The molecule has 1 aromatic carbocycles. The fourth-order valence-corrected chi connectivity index (χ4v) is 3.63. The third-order valence-electron chi connectivity index (χ3n) is 3.44. The maximum absolute atomic E-state index is 12.3. The van der Waals surface area contributed by atoms with Crippen LogP contribution in [0, 0.1) is 0 Å². The molecule has 2 aromatic heterocycles. The van der Waals surface area contributed by atoms with Crippen molar-refractivity contribution in [1.29, 1.82) is 0 Å². The van der Waals surface area contributed by atoms with Crippen LogP contribution in [0.5, 0.6) is 0 Å². The molecule has 1 atom stereocenters. The molecule has 3 rings (SSSR count). The average molecular weight is 407 g/mol. The Kier molecular flexibility index (Phi) is 4.79. The number of aromatic amines is 1. The molecular formula is C16H15BrN4O2S. The maximum Gasteiger partial charge on any atom is 0.242 e. The Balaban J connectivity index is 1.79. The van der Waals surface area contributed by atoms with Crippen molar-refractivity contribution in [3.05, 3.63) is 65.3 Å². The smallest absolute Gasteiger partial charge is 0.242 e. The van der Waals surface area contributed by atoms with E-state index in [4.69, 9.17) is 0 Å². The second-order valence-electron chi connectivity index (χ2n) is 5.22. The van der Waals surface area contributed by atoms with Crippen LogP contribution in [0.1, 0.15) is 18.8 Å². The van der Waals surface area contributed by atoms with Crippen LogP contribution in [0.2, 0.25) is 0 Å². The van der Waals surface area contributed by atoms with Crippen LogP contribution < -0.4 is 4.72 Å². The summed E-state index contributed by atoms with van der Waals surface area (Å²) >= 11 is 3.39. The predicted molar refractivity (Wildman–Crippen MR) is 94.7 cm³/mol. The molecule has 0 bridgehead atoms. The number of hydrogen-bond acceptors (Lipinski definition) is 4. The number of halogens is 1. The minimum Gasteiger partial charge on any atom is -0.341 e. The van der Waals surface area contributed by atoms with E-state index in [-0.39, 0.29) is 4.90 Å². The summed E-state index contributed by atoms with van der Waals surface area (Å²) in [6.07, 6.45) is 4.53. The zero-order valence-corrected chi connectivity index (χ0v) is 15.2. The van der Waals surface area contributed by atoms with E-state index in [1.54, 1.807) is 19.2 Å². The quantitative estimate of drug-likeness (QED) is 0.680. The monoisotopic (exact) mass is 406 g/mol. The van der Waals surface area contributed by atoms with Gasteiger partial charge in [-0.3, -0.25) is 4.98 Å². The highest BCUT2D eigenvalue weighted by molar-refractivity contribution is 9.10. The number of hydrogen-bond donors (Lipinski definition) is 2. The Labute approximate surface area is 148 Å². The van der Waals surface area contributed by atoms with Crippen molar-refractivity contribution in [2.24, 2.45) is 0 Å². The molecule has 0 fully saturated rings. The van der Waals surface area contributed by atoms with Gasteiger partial charge < -0.3 is 4.98 Å². The summed E-state index contributed by atoms with van der Waals surface area (Å²) in [5.74, 6) is 0.542. The van der Waals surface area contributed by atoms with E-state index in [2.05, 4.69) is 35.6 Å². The molecule has 0 aliphatic carbocycles. The number of imidazole rings is 1. The summed E-state index contributed by atoms with van der Waals surface area (Å²) in [5, 5.41) is 0. The molecule has 6 nitrogen and oxygen atoms in total. The molecule has 2 heterocycles. The van der Waals surface area contributed by atoms with Crippen LogP contribution in [-0.4, -0.2) is 23.4 Å². The Morgan fingerprint density at radius 1 is 1.17 bits per heavy atom. The molecule has 0 saturated heterocycles. The Morgan fingerprint density at radius 3 is 2.58 bits per heavy atom. The number of nitrogens with zero attached hydrogens (tertiary/aromatic N) is 2. The van der Waals surface area contributed by atoms with Gasteiger partial charge in [0.25, 0.3) is 0 Å². The average Bonchev–Trinajstić information content (AvgIpc) is 3.06. The molecule has 0 spiro atoms. The molecule has 0 aliphatic heterocycles. The molecule has 3 aromatic rings. The lowest BCUT2D eigenvalue weighted by molar-refractivity contribution is 0.561. The van der Waals surface area contributed by atoms with Crippen LogP contribution in [0.15, 0.2) is 64.4 Å². The maximum atomic E-state index is 12.3. The third kappa shape index (κ3) is 3.72. The van der Waals surface area contributed by atoms with E-state index in [9.17, 15) is 8.42 Å².